The molecule has 0 radical (unpaired) electrons. The summed E-state index contributed by atoms with van der Waals surface area (Å²) in [6.45, 7) is 8.25. The highest BCUT2D eigenvalue weighted by Crippen LogP contribution is 2.38. The van der Waals surface area contributed by atoms with E-state index in [0.717, 1.165) is 11.5 Å². The van der Waals surface area contributed by atoms with E-state index in [1.54, 1.807) is 0 Å². The van der Waals surface area contributed by atoms with E-state index in [1.165, 1.54) is 56.9 Å². The van der Waals surface area contributed by atoms with E-state index in [2.05, 4.69) is 19.1 Å². The van der Waals surface area contributed by atoms with Crippen molar-refractivity contribution >= 4 is 5.78 Å². The highest BCUT2D eigenvalue weighted by atomic mass is 16.1. The summed E-state index contributed by atoms with van der Waals surface area (Å²) in [5, 5.41) is 0. The van der Waals surface area contributed by atoms with Gasteiger partial charge in [0, 0.05) is 11.0 Å². The van der Waals surface area contributed by atoms with E-state index < -0.39 is 0 Å². The topological polar surface area (TPSA) is 17.1 Å². The smallest absolute Gasteiger partial charge is 0.168 e. The number of Topliss-reactive ketones (excluding diaryl/α,β-unsaturated/α-hetero) is 1. The maximum Gasteiger partial charge on any atom is 0.168 e. The Bertz CT molecular complexity index is 484. The van der Waals surface area contributed by atoms with Gasteiger partial charge in [0.1, 0.15) is 0 Å². The van der Waals surface area contributed by atoms with Gasteiger partial charge in [0.2, 0.25) is 0 Å². The molecule has 1 heteroatoms. The maximum atomic E-state index is 12.3. The average molecular weight is 315 g/mol. The number of benzene rings is 1. The molecular formula is C22H34O. The van der Waals surface area contributed by atoms with Crippen molar-refractivity contribution < 1.29 is 4.79 Å². The van der Waals surface area contributed by atoms with E-state index in [4.69, 9.17) is 0 Å². The number of carbonyl (C=O) groups is 1. The van der Waals surface area contributed by atoms with Crippen LogP contribution in [0.2, 0.25) is 0 Å². The third-order valence-electron chi connectivity index (χ3n) is 5.39. The molecule has 1 aliphatic carbocycles. The molecule has 0 N–H and O–H groups in total. The summed E-state index contributed by atoms with van der Waals surface area (Å²) in [7, 11) is 0. The molecule has 0 bridgehead atoms. The Morgan fingerprint density at radius 3 is 2.13 bits per heavy atom. The fourth-order valence-electron chi connectivity index (χ4n) is 3.81. The minimum Gasteiger partial charge on any atom is -0.294 e. The van der Waals surface area contributed by atoms with Crippen LogP contribution in [0.1, 0.15) is 101 Å². The molecule has 0 atom stereocenters. The van der Waals surface area contributed by atoms with Gasteiger partial charge >= 0.3 is 0 Å². The summed E-state index contributed by atoms with van der Waals surface area (Å²) in [5.74, 6) is 1.90. The molecule has 1 saturated carbocycles. The van der Waals surface area contributed by atoms with Crippen molar-refractivity contribution in [2.24, 2.45) is 11.3 Å². The molecule has 0 heterocycles. The largest absolute Gasteiger partial charge is 0.294 e. The van der Waals surface area contributed by atoms with Crippen LogP contribution in [0.3, 0.4) is 0 Å². The van der Waals surface area contributed by atoms with Gasteiger partial charge in [-0.25, -0.2) is 0 Å². The molecule has 0 spiro atoms. The number of ketones is 1. The molecule has 2 rings (SSSR count). The highest BCUT2D eigenvalue weighted by Gasteiger charge is 2.24. The maximum absolute atomic E-state index is 12.3. The zero-order chi connectivity index (χ0) is 16.9. The van der Waals surface area contributed by atoms with Crippen molar-refractivity contribution in [2.45, 2.75) is 85.0 Å². The second-order valence-electron chi connectivity index (χ2n) is 8.41. The van der Waals surface area contributed by atoms with Crippen LogP contribution in [0.4, 0.5) is 0 Å². The first-order valence-corrected chi connectivity index (χ1v) is 9.56. The van der Waals surface area contributed by atoms with Crippen LogP contribution in [-0.4, -0.2) is 5.78 Å². The van der Waals surface area contributed by atoms with Crippen molar-refractivity contribution in [3.63, 3.8) is 0 Å². The van der Waals surface area contributed by atoms with Gasteiger partial charge in [-0.05, 0) is 43.1 Å². The molecule has 0 amide bonds. The predicted molar refractivity (Wildman–Crippen MR) is 99.1 cm³/mol. The molecule has 1 aliphatic rings. The van der Waals surface area contributed by atoms with E-state index in [1.807, 2.05) is 32.9 Å². The Morgan fingerprint density at radius 2 is 1.61 bits per heavy atom. The lowest BCUT2D eigenvalue weighted by Crippen LogP contribution is -2.20. The van der Waals surface area contributed by atoms with E-state index in [-0.39, 0.29) is 11.2 Å². The zero-order valence-electron chi connectivity index (χ0n) is 15.5. The SMILES string of the molecule is CCCCCC1CCC(c2ccc(C(=O)C(C)(C)C)cc2)CC1. The number of hydrogen-bond acceptors (Lipinski definition) is 1. The molecule has 1 nitrogen and oxygen atoms in total. The van der Waals surface area contributed by atoms with Crippen LogP contribution in [0, 0.1) is 11.3 Å². The summed E-state index contributed by atoms with van der Waals surface area (Å²) in [6, 6.07) is 8.47. The third-order valence-corrected chi connectivity index (χ3v) is 5.39. The monoisotopic (exact) mass is 314 g/mol. The van der Waals surface area contributed by atoms with Crippen molar-refractivity contribution in [3.8, 4) is 0 Å². The second kappa shape index (κ2) is 8.13. The first-order chi connectivity index (χ1) is 10.9. The van der Waals surface area contributed by atoms with E-state index >= 15 is 0 Å². The summed E-state index contributed by atoms with van der Waals surface area (Å²) in [4.78, 5) is 12.3. The Balaban J connectivity index is 1.88. The van der Waals surface area contributed by atoms with Crippen LogP contribution < -0.4 is 0 Å². The lowest BCUT2D eigenvalue weighted by molar-refractivity contribution is 0.0858. The Morgan fingerprint density at radius 1 is 1.00 bits per heavy atom. The lowest BCUT2D eigenvalue weighted by atomic mass is 9.76. The quantitative estimate of drug-likeness (QED) is 0.418. The number of unbranched alkanes of at least 4 members (excludes halogenated alkanes) is 2. The highest BCUT2D eigenvalue weighted by molar-refractivity contribution is 5.99. The summed E-state index contributed by atoms with van der Waals surface area (Å²) < 4.78 is 0. The summed E-state index contributed by atoms with van der Waals surface area (Å²) in [5.41, 5.74) is 2.00. The van der Waals surface area contributed by atoms with Gasteiger partial charge in [0.05, 0.1) is 0 Å². The molecule has 1 aromatic rings. The molecule has 1 aromatic carbocycles. The molecule has 23 heavy (non-hydrogen) atoms. The van der Waals surface area contributed by atoms with Gasteiger partial charge in [-0.2, -0.15) is 0 Å². The van der Waals surface area contributed by atoms with Crippen LogP contribution in [0.5, 0.6) is 0 Å². The standard InChI is InChI=1S/C22H34O/c1-5-6-7-8-17-9-11-18(12-10-17)19-13-15-20(16-14-19)21(23)22(2,3)4/h13-18H,5-12H2,1-4H3. The molecule has 0 saturated heterocycles. The minimum absolute atomic E-state index is 0.240. The number of carbonyl (C=O) groups excluding carboxylic acids is 1. The first kappa shape index (κ1) is 18.2. The summed E-state index contributed by atoms with van der Waals surface area (Å²) >= 11 is 0. The minimum atomic E-state index is -0.294. The fourth-order valence-corrected chi connectivity index (χ4v) is 3.81. The van der Waals surface area contributed by atoms with Gasteiger partial charge in [0.15, 0.2) is 5.78 Å². The normalized spacial score (nSPS) is 22.1. The Hall–Kier alpha value is -1.11. The van der Waals surface area contributed by atoms with Gasteiger partial charge in [0.25, 0.3) is 0 Å². The fraction of sp³-hybridized carbons (Fsp3) is 0.682. The zero-order valence-corrected chi connectivity index (χ0v) is 15.5. The molecule has 128 valence electrons. The van der Waals surface area contributed by atoms with E-state index in [0.29, 0.717) is 5.92 Å². The van der Waals surface area contributed by atoms with Crippen molar-refractivity contribution in [1.29, 1.82) is 0 Å². The molecule has 0 aliphatic heterocycles. The van der Waals surface area contributed by atoms with Crippen molar-refractivity contribution in [1.82, 2.24) is 0 Å². The van der Waals surface area contributed by atoms with Crippen LogP contribution in [0.25, 0.3) is 0 Å². The van der Waals surface area contributed by atoms with Gasteiger partial charge < -0.3 is 0 Å². The third kappa shape index (κ3) is 5.19. The number of rotatable bonds is 6. The van der Waals surface area contributed by atoms with E-state index in [9.17, 15) is 4.79 Å². The molecule has 0 aromatic heterocycles. The Kier molecular flexibility index (Phi) is 6.44. The van der Waals surface area contributed by atoms with Gasteiger partial charge in [-0.15, -0.1) is 0 Å². The molecule has 1 fully saturated rings. The lowest BCUT2D eigenvalue weighted by Gasteiger charge is -2.29. The van der Waals surface area contributed by atoms with Gasteiger partial charge in [-0.3, -0.25) is 4.79 Å². The van der Waals surface area contributed by atoms with Crippen molar-refractivity contribution in [3.05, 3.63) is 35.4 Å². The van der Waals surface area contributed by atoms with Crippen molar-refractivity contribution in [2.75, 3.05) is 0 Å². The molecule has 0 unspecified atom stereocenters. The predicted octanol–water partition coefficient (Wildman–Crippen LogP) is 6.77. The summed E-state index contributed by atoms with van der Waals surface area (Å²) in [6.07, 6.45) is 11.0. The second-order valence-corrected chi connectivity index (χ2v) is 8.41. The average Bonchev–Trinajstić information content (AvgIpc) is 2.54. The first-order valence-electron chi connectivity index (χ1n) is 9.56. The van der Waals surface area contributed by atoms with Crippen LogP contribution in [-0.2, 0) is 0 Å². The Labute approximate surface area is 142 Å². The van der Waals surface area contributed by atoms with Crippen LogP contribution in [0.15, 0.2) is 24.3 Å². The molecular weight excluding hydrogens is 280 g/mol. The van der Waals surface area contributed by atoms with Gasteiger partial charge in [-0.1, -0.05) is 77.6 Å². The van der Waals surface area contributed by atoms with Crippen LogP contribution >= 0.6 is 0 Å². The number of hydrogen-bond donors (Lipinski definition) is 0.